The van der Waals surface area contributed by atoms with Gasteiger partial charge in [-0.15, -0.1) is 11.3 Å². The third kappa shape index (κ3) is 4.43. The maximum atomic E-state index is 12.6. The van der Waals surface area contributed by atoms with E-state index < -0.39 is 9.84 Å². The maximum absolute atomic E-state index is 12.6. The van der Waals surface area contributed by atoms with E-state index in [1.165, 1.54) is 4.88 Å². The van der Waals surface area contributed by atoms with Crippen molar-refractivity contribution in [1.82, 2.24) is 9.80 Å². The van der Waals surface area contributed by atoms with Gasteiger partial charge < -0.3 is 4.90 Å². The van der Waals surface area contributed by atoms with Crippen LogP contribution < -0.4 is 0 Å². The lowest BCUT2D eigenvalue weighted by molar-refractivity contribution is -0.136. The number of benzene rings is 1. The summed E-state index contributed by atoms with van der Waals surface area (Å²) in [6, 6.07) is 12.1. The van der Waals surface area contributed by atoms with Crippen LogP contribution in [-0.4, -0.2) is 61.8 Å². The average Bonchev–Trinajstić information content (AvgIpc) is 3.28. The summed E-state index contributed by atoms with van der Waals surface area (Å²) in [6.45, 7) is 3.81. The molecule has 28 heavy (non-hydrogen) atoms. The van der Waals surface area contributed by atoms with Crippen molar-refractivity contribution >= 4 is 38.7 Å². The minimum atomic E-state index is -3.02. The van der Waals surface area contributed by atoms with E-state index in [0.29, 0.717) is 19.5 Å². The van der Waals surface area contributed by atoms with Crippen molar-refractivity contribution in [2.24, 2.45) is 5.92 Å². The molecule has 1 atom stereocenters. The number of piperazine rings is 1. The summed E-state index contributed by atoms with van der Waals surface area (Å²) in [7, 11) is -3.02. The fourth-order valence-electron chi connectivity index (χ4n) is 3.86. The van der Waals surface area contributed by atoms with Crippen LogP contribution in [0.15, 0.2) is 36.4 Å². The molecule has 1 aromatic heterocycles. The van der Waals surface area contributed by atoms with Crippen LogP contribution in [0.3, 0.4) is 0 Å². The molecule has 5 nitrogen and oxygen atoms in total. The minimum Gasteiger partial charge on any atom is -0.340 e. The molecule has 2 aliphatic rings. The summed E-state index contributed by atoms with van der Waals surface area (Å²) < 4.78 is 23.2. The quantitative estimate of drug-likeness (QED) is 0.735. The van der Waals surface area contributed by atoms with Crippen molar-refractivity contribution in [3.05, 3.63) is 46.3 Å². The first-order valence-electron chi connectivity index (χ1n) is 9.46. The number of carbonyl (C=O) groups is 1. The van der Waals surface area contributed by atoms with Crippen LogP contribution in [0, 0.1) is 5.92 Å². The van der Waals surface area contributed by atoms with E-state index >= 15 is 0 Å². The van der Waals surface area contributed by atoms with E-state index in [1.807, 2.05) is 29.2 Å². The van der Waals surface area contributed by atoms with Crippen LogP contribution >= 0.6 is 22.9 Å². The highest BCUT2D eigenvalue weighted by molar-refractivity contribution is 7.91. The zero-order chi connectivity index (χ0) is 19.7. The van der Waals surface area contributed by atoms with Crippen LogP contribution in [0.5, 0.6) is 0 Å². The largest absolute Gasteiger partial charge is 0.340 e. The van der Waals surface area contributed by atoms with Crippen LogP contribution in [0.2, 0.25) is 5.02 Å². The van der Waals surface area contributed by atoms with Crippen molar-refractivity contribution in [2.75, 3.05) is 37.7 Å². The molecule has 0 saturated carbocycles. The van der Waals surface area contributed by atoms with Gasteiger partial charge >= 0.3 is 0 Å². The van der Waals surface area contributed by atoms with Gasteiger partial charge in [0.2, 0.25) is 5.91 Å². The predicted molar refractivity (Wildman–Crippen MR) is 113 cm³/mol. The van der Waals surface area contributed by atoms with Gasteiger partial charge in [0, 0.05) is 53.1 Å². The first-order valence-corrected chi connectivity index (χ1v) is 12.5. The number of thiophene rings is 1. The molecule has 0 spiro atoms. The minimum absolute atomic E-state index is 0.0119. The second kappa shape index (κ2) is 8.14. The smallest absolute Gasteiger partial charge is 0.226 e. The molecule has 0 bridgehead atoms. The van der Waals surface area contributed by atoms with Gasteiger partial charge in [-0.05, 0) is 24.6 Å². The summed E-state index contributed by atoms with van der Waals surface area (Å²) >= 11 is 8.05. The molecular formula is C20H23ClN2O3S2. The molecule has 0 radical (unpaired) electrons. The molecule has 0 aliphatic carbocycles. The van der Waals surface area contributed by atoms with Crippen molar-refractivity contribution in [3.8, 4) is 10.4 Å². The number of sulfone groups is 1. The highest BCUT2D eigenvalue weighted by Gasteiger charge is 2.36. The summed E-state index contributed by atoms with van der Waals surface area (Å²) in [4.78, 5) is 19.2. The van der Waals surface area contributed by atoms with E-state index in [0.717, 1.165) is 35.1 Å². The van der Waals surface area contributed by atoms with E-state index in [4.69, 9.17) is 11.6 Å². The van der Waals surface area contributed by atoms with E-state index in [-0.39, 0.29) is 23.3 Å². The number of halogens is 1. The fraction of sp³-hybridized carbons (Fsp3) is 0.450. The Labute approximate surface area is 174 Å². The zero-order valence-electron chi connectivity index (χ0n) is 15.5. The second-order valence-electron chi connectivity index (χ2n) is 7.45. The monoisotopic (exact) mass is 438 g/mol. The number of amides is 1. The number of nitrogens with zero attached hydrogens (tertiary/aromatic N) is 2. The summed E-state index contributed by atoms with van der Waals surface area (Å²) in [6.07, 6.45) is 0.474. The van der Waals surface area contributed by atoms with Crippen LogP contribution in [-0.2, 0) is 21.2 Å². The standard InChI is InChI=1S/C20H23ClN2O3S2/c21-18-4-2-1-3-17(18)19-6-5-16(27-19)13-22-8-10-23(11-9-22)20(24)15-7-12-28(25,26)14-15/h1-6,15H,7-14H2/t15-/m1/s1. The first-order chi connectivity index (χ1) is 13.4. The lowest BCUT2D eigenvalue weighted by Gasteiger charge is -2.35. The fourth-order valence-corrected chi connectivity index (χ4v) is 6.98. The molecule has 2 aromatic rings. The molecule has 3 heterocycles. The lowest BCUT2D eigenvalue weighted by Crippen LogP contribution is -2.50. The van der Waals surface area contributed by atoms with Gasteiger partial charge in [0.1, 0.15) is 0 Å². The highest BCUT2D eigenvalue weighted by atomic mass is 35.5. The summed E-state index contributed by atoms with van der Waals surface area (Å²) in [5.74, 6) is -0.161. The summed E-state index contributed by atoms with van der Waals surface area (Å²) in [5.41, 5.74) is 1.06. The Bertz CT molecular complexity index is 965. The Kier molecular flexibility index (Phi) is 5.78. The van der Waals surface area contributed by atoms with E-state index in [2.05, 4.69) is 17.0 Å². The average molecular weight is 439 g/mol. The molecule has 1 aromatic carbocycles. The molecule has 150 valence electrons. The van der Waals surface area contributed by atoms with Gasteiger partial charge in [0.15, 0.2) is 9.84 Å². The van der Waals surface area contributed by atoms with Crippen LogP contribution in [0.25, 0.3) is 10.4 Å². The van der Waals surface area contributed by atoms with Crippen molar-refractivity contribution < 1.29 is 13.2 Å². The number of hydrogen-bond donors (Lipinski definition) is 0. The van der Waals surface area contributed by atoms with E-state index in [1.54, 1.807) is 11.3 Å². The van der Waals surface area contributed by atoms with Crippen molar-refractivity contribution in [1.29, 1.82) is 0 Å². The Morgan fingerprint density at radius 3 is 2.54 bits per heavy atom. The van der Waals surface area contributed by atoms with Gasteiger partial charge in [-0.1, -0.05) is 29.8 Å². The lowest BCUT2D eigenvalue weighted by atomic mass is 10.1. The third-order valence-corrected chi connectivity index (χ3v) is 8.65. The molecular weight excluding hydrogens is 416 g/mol. The molecule has 2 saturated heterocycles. The van der Waals surface area contributed by atoms with Crippen LogP contribution in [0.1, 0.15) is 11.3 Å². The molecule has 8 heteroatoms. The third-order valence-electron chi connectivity index (χ3n) is 5.45. The van der Waals surface area contributed by atoms with Crippen LogP contribution in [0.4, 0.5) is 0 Å². The van der Waals surface area contributed by atoms with Gasteiger partial charge in [0.05, 0.1) is 17.4 Å². The van der Waals surface area contributed by atoms with Crippen molar-refractivity contribution in [2.45, 2.75) is 13.0 Å². The zero-order valence-corrected chi connectivity index (χ0v) is 17.9. The summed E-state index contributed by atoms with van der Waals surface area (Å²) in [5, 5.41) is 0.761. The van der Waals surface area contributed by atoms with Gasteiger partial charge in [-0.3, -0.25) is 9.69 Å². The van der Waals surface area contributed by atoms with Gasteiger partial charge in [-0.25, -0.2) is 8.42 Å². The molecule has 0 N–H and O–H groups in total. The predicted octanol–water partition coefficient (Wildman–Crippen LogP) is 3.15. The Morgan fingerprint density at radius 2 is 1.86 bits per heavy atom. The molecule has 0 unspecified atom stereocenters. The normalized spacial score (nSPS) is 22.5. The molecule has 2 fully saturated rings. The topological polar surface area (TPSA) is 57.7 Å². The van der Waals surface area contributed by atoms with E-state index in [9.17, 15) is 13.2 Å². The number of rotatable bonds is 4. The van der Waals surface area contributed by atoms with Gasteiger partial charge in [-0.2, -0.15) is 0 Å². The molecule has 2 aliphatic heterocycles. The first kappa shape index (κ1) is 19.9. The Balaban J connectivity index is 1.32. The maximum Gasteiger partial charge on any atom is 0.226 e. The number of hydrogen-bond acceptors (Lipinski definition) is 5. The Morgan fingerprint density at radius 1 is 1.11 bits per heavy atom. The SMILES string of the molecule is O=C([C@@H]1CCS(=O)(=O)C1)N1CCN(Cc2ccc(-c3ccccc3Cl)s2)CC1. The second-order valence-corrected chi connectivity index (χ2v) is 11.3. The highest BCUT2D eigenvalue weighted by Crippen LogP contribution is 2.33. The van der Waals surface area contributed by atoms with Gasteiger partial charge in [0.25, 0.3) is 0 Å². The van der Waals surface area contributed by atoms with Crippen molar-refractivity contribution in [3.63, 3.8) is 0 Å². The molecule has 1 amide bonds. The molecule has 4 rings (SSSR count). The number of carbonyl (C=O) groups excluding carboxylic acids is 1. The Hall–Kier alpha value is -1.41.